The number of hydrogen-bond acceptors (Lipinski definition) is 3. The second-order valence-corrected chi connectivity index (χ2v) is 5.47. The van der Waals surface area contributed by atoms with Crippen molar-refractivity contribution in [3.63, 3.8) is 0 Å². The van der Waals surface area contributed by atoms with Crippen LogP contribution < -0.4 is 4.74 Å². The minimum Gasteiger partial charge on any atom is -0.478 e. The van der Waals surface area contributed by atoms with Gasteiger partial charge in [-0.2, -0.15) is 0 Å². The number of carboxylic acids is 1. The van der Waals surface area contributed by atoms with E-state index in [-0.39, 0.29) is 17.4 Å². The van der Waals surface area contributed by atoms with E-state index in [1.807, 2.05) is 32.0 Å². The van der Waals surface area contributed by atoms with Crippen molar-refractivity contribution in [3.8, 4) is 11.6 Å². The van der Waals surface area contributed by atoms with E-state index >= 15 is 0 Å². The lowest BCUT2D eigenvalue weighted by atomic mass is 10.1. The fourth-order valence-corrected chi connectivity index (χ4v) is 2.00. The molecule has 2 aromatic rings. The molecule has 0 saturated carbocycles. The van der Waals surface area contributed by atoms with Crippen LogP contribution in [0.4, 0.5) is 0 Å². The van der Waals surface area contributed by atoms with Crippen molar-refractivity contribution in [2.45, 2.75) is 19.8 Å². The van der Waals surface area contributed by atoms with Crippen LogP contribution in [0.2, 0.25) is 0 Å². The Bertz CT molecular complexity index is 641. The topological polar surface area (TPSA) is 59.4 Å². The lowest BCUT2D eigenvalue weighted by Gasteiger charge is -2.11. The summed E-state index contributed by atoms with van der Waals surface area (Å²) in [4.78, 5) is 15.5. The Balaban J connectivity index is 2.41. The van der Waals surface area contributed by atoms with Crippen molar-refractivity contribution >= 4 is 21.9 Å². The molecule has 1 N–H and O–H groups in total. The fourth-order valence-electron chi connectivity index (χ4n) is 1.64. The third-order valence-electron chi connectivity index (χ3n) is 2.71. The molecule has 1 heterocycles. The molecule has 0 amide bonds. The summed E-state index contributed by atoms with van der Waals surface area (Å²) < 4.78 is 6.46. The molecule has 0 spiro atoms. The Morgan fingerprint density at radius 3 is 2.60 bits per heavy atom. The quantitative estimate of drug-likeness (QED) is 0.896. The first-order valence-electron chi connectivity index (χ1n) is 6.15. The van der Waals surface area contributed by atoms with Gasteiger partial charge in [-0.1, -0.05) is 26.0 Å². The van der Waals surface area contributed by atoms with E-state index in [2.05, 4.69) is 20.9 Å². The van der Waals surface area contributed by atoms with E-state index in [1.165, 1.54) is 6.07 Å². The number of aromatic carboxylic acids is 1. The highest BCUT2D eigenvalue weighted by Crippen LogP contribution is 2.29. The minimum absolute atomic E-state index is 0.121. The normalized spacial score (nSPS) is 10.6. The Hall–Kier alpha value is -1.88. The van der Waals surface area contributed by atoms with Gasteiger partial charge in [-0.25, -0.2) is 9.78 Å². The molecular weight excluding hydrogens is 322 g/mol. The zero-order chi connectivity index (χ0) is 14.7. The van der Waals surface area contributed by atoms with Gasteiger partial charge in [0.2, 0.25) is 5.88 Å². The summed E-state index contributed by atoms with van der Waals surface area (Å²) in [5.41, 5.74) is 0.859. The molecule has 20 heavy (non-hydrogen) atoms. The number of halogens is 1. The first-order chi connectivity index (χ1) is 9.47. The molecule has 1 aromatic carbocycles. The number of benzene rings is 1. The summed E-state index contributed by atoms with van der Waals surface area (Å²) in [6, 6.07) is 10.3. The molecule has 0 saturated heterocycles. The fraction of sp³-hybridized carbons (Fsp3) is 0.200. The molecular formula is C15H14BrNO3. The van der Waals surface area contributed by atoms with Gasteiger partial charge >= 0.3 is 5.97 Å². The van der Waals surface area contributed by atoms with Crippen molar-refractivity contribution in [1.82, 2.24) is 4.98 Å². The maximum absolute atomic E-state index is 11.2. The summed E-state index contributed by atoms with van der Waals surface area (Å²) >= 11 is 3.38. The van der Waals surface area contributed by atoms with Crippen LogP contribution in [0.1, 0.15) is 35.8 Å². The van der Waals surface area contributed by atoms with Crippen molar-refractivity contribution in [2.24, 2.45) is 0 Å². The van der Waals surface area contributed by atoms with E-state index in [1.54, 1.807) is 12.1 Å². The number of hydrogen-bond donors (Lipinski definition) is 1. The van der Waals surface area contributed by atoms with Crippen LogP contribution in [0.15, 0.2) is 40.9 Å². The van der Waals surface area contributed by atoms with Gasteiger partial charge in [0.05, 0.1) is 10.0 Å². The maximum Gasteiger partial charge on any atom is 0.335 e. The lowest BCUT2D eigenvalue weighted by Crippen LogP contribution is -2.03. The second kappa shape index (κ2) is 6.05. The summed E-state index contributed by atoms with van der Waals surface area (Å²) in [5.74, 6) is -0.000105. The summed E-state index contributed by atoms with van der Waals surface area (Å²) in [7, 11) is 0. The van der Waals surface area contributed by atoms with Gasteiger partial charge in [0.15, 0.2) is 0 Å². The highest BCUT2D eigenvalue weighted by molar-refractivity contribution is 9.10. The zero-order valence-electron chi connectivity index (χ0n) is 11.1. The Labute approximate surface area is 125 Å². The zero-order valence-corrected chi connectivity index (χ0v) is 12.7. The van der Waals surface area contributed by atoms with E-state index in [0.29, 0.717) is 11.4 Å². The Morgan fingerprint density at radius 2 is 2.00 bits per heavy atom. The molecule has 0 aliphatic carbocycles. The van der Waals surface area contributed by atoms with E-state index < -0.39 is 5.97 Å². The van der Waals surface area contributed by atoms with Crippen molar-refractivity contribution in [1.29, 1.82) is 0 Å². The Morgan fingerprint density at radius 1 is 1.30 bits per heavy atom. The van der Waals surface area contributed by atoms with E-state index in [0.717, 1.165) is 4.47 Å². The number of ether oxygens (including phenoxy) is 1. The number of carbonyl (C=O) groups is 1. The molecule has 104 valence electrons. The van der Waals surface area contributed by atoms with Crippen LogP contribution in [0, 0.1) is 0 Å². The second-order valence-electron chi connectivity index (χ2n) is 4.61. The largest absolute Gasteiger partial charge is 0.478 e. The molecule has 5 heteroatoms. The average molecular weight is 336 g/mol. The standard InChI is InChI=1S/C15H14BrNO3/c1-9(2)12-7-10(15(18)19)8-14(17-12)20-13-6-4-3-5-11(13)16/h3-9H,1-2H3,(H,18,19). The summed E-state index contributed by atoms with van der Waals surface area (Å²) in [6.45, 7) is 3.91. The minimum atomic E-state index is -0.994. The predicted molar refractivity (Wildman–Crippen MR) is 79.5 cm³/mol. The number of carboxylic acid groups (broad SMARTS) is 1. The summed E-state index contributed by atoms with van der Waals surface area (Å²) in [6.07, 6.45) is 0. The van der Waals surface area contributed by atoms with Crippen LogP contribution >= 0.6 is 15.9 Å². The molecule has 0 aliphatic heterocycles. The van der Waals surface area contributed by atoms with Crippen LogP contribution in [-0.2, 0) is 0 Å². The Kier molecular flexibility index (Phi) is 4.39. The van der Waals surface area contributed by atoms with Gasteiger partial charge in [0, 0.05) is 11.8 Å². The van der Waals surface area contributed by atoms with Gasteiger partial charge < -0.3 is 9.84 Å². The molecule has 4 nitrogen and oxygen atoms in total. The highest BCUT2D eigenvalue weighted by atomic mass is 79.9. The van der Waals surface area contributed by atoms with Gasteiger partial charge in [-0.05, 0) is 40.0 Å². The molecule has 0 bridgehead atoms. The molecule has 0 radical (unpaired) electrons. The third kappa shape index (κ3) is 3.36. The number of nitrogens with zero attached hydrogens (tertiary/aromatic N) is 1. The maximum atomic E-state index is 11.2. The number of para-hydroxylation sites is 1. The first kappa shape index (κ1) is 14.5. The summed E-state index contributed by atoms with van der Waals surface area (Å²) in [5, 5.41) is 9.14. The van der Waals surface area contributed by atoms with E-state index in [4.69, 9.17) is 9.84 Å². The molecule has 0 fully saturated rings. The van der Waals surface area contributed by atoms with Gasteiger partial charge in [0.25, 0.3) is 0 Å². The monoisotopic (exact) mass is 335 g/mol. The van der Waals surface area contributed by atoms with Crippen LogP contribution in [0.5, 0.6) is 11.6 Å². The SMILES string of the molecule is CC(C)c1cc(C(=O)O)cc(Oc2ccccc2Br)n1. The predicted octanol–water partition coefficient (Wildman–Crippen LogP) is 4.46. The van der Waals surface area contributed by atoms with Crippen molar-refractivity contribution in [2.75, 3.05) is 0 Å². The third-order valence-corrected chi connectivity index (χ3v) is 3.37. The lowest BCUT2D eigenvalue weighted by molar-refractivity contribution is 0.0696. The van der Waals surface area contributed by atoms with Gasteiger partial charge in [-0.3, -0.25) is 0 Å². The highest BCUT2D eigenvalue weighted by Gasteiger charge is 2.12. The molecule has 0 aliphatic rings. The van der Waals surface area contributed by atoms with Gasteiger partial charge in [0.1, 0.15) is 5.75 Å². The first-order valence-corrected chi connectivity index (χ1v) is 6.94. The smallest absolute Gasteiger partial charge is 0.335 e. The molecule has 2 rings (SSSR count). The number of pyridine rings is 1. The number of aromatic nitrogens is 1. The number of rotatable bonds is 4. The molecule has 0 unspecified atom stereocenters. The molecule has 0 atom stereocenters. The van der Waals surface area contributed by atoms with Crippen molar-refractivity contribution in [3.05, 3.63) is 52.1 Å². The van der Waals surface area contributed by atoms with Gasteiger partial charge in [-0.15, -0.1) is 0 Å². The average Bonchev–Trinajstić information content (AvgIpc) is 2.41. The van der Waals surface area contributed by atoms with Crippen LogP contribution in [0.3, 0.4) is 0 Å². The molecule has 1 aromatic heterocycles. The van der Waals surface area contributed by atoms with Crippen molar-refractivity contribution < 1.29 is 14.6 Å². The van der Waals surface area contributed by atoms with Crippen LogP contribution in [-0.4, -0.2) is 16.1 Å². The van der Waals surface area contributed by atoms with Crippen LogP contribution in [0.25, 0.3) is 0 Å². The van der Waals surface area contributed by atoms with E-state index in [9.17, 15) is 4.79 Å².